The van der Waals surface area contributed by atoms with E-state index in [0.717, 1.165) is 5.56 Å². The smallest absolute Gasteiger partial charge is 0.251 e. The lowest BCUT2D eigenvalue weighted by molar-refractivity contribution is -0.131. The molecule has 7 nitrogen and oxygen atoms in total. The first-order valence-corrected chi connectivity index (χ1v) is 11.2. The van der Waals surface area contributed by atoms with Crippen molar-refractivity contribution in [2.75, 3.05) is 19.8 Å². The fraction of sp³-hybridized carbons (Fsp3) is 0.583. The summed E-state index contributed by atoms with van der Waals surface area (Å²) in [7, 11) is 0. The predicted octanol–water partition coefficient (Wildman–Crippen LogP) is 3.22. The van der Waals surface area contributed by atoms with Crippen LogP contribution in [0.15, 0.2) is 36.4 Å². The number of hydrogen-bond acceptors (Lipinski definition) is 5. The van der Waals surface area contributed by atoms with Crippen LogP contribution in [0.4, 0.5) is 0 Å². The topological polar surface area (TPSA) is 96.9 Å². The number of rotatable bonds is 3. The molecular formula is C24H40N2O5. The summed E-state index contributed by atoms with van der Waals surface area (Å²) in [5.41, 5.74) is 1.20. The molecule has 2 unspecified atom stereocenters. The van der Waals surface area contributed by atoms with Crippen molar-refractivity contribution in [3.05, 3.63) is 47.5 Å². The average molecular weight is 437 g/mol. The highest BCUT2D eigenvalue weighted by Gasteiger charge is 2.28. The molecule has 1 aromatic carbocycles. The Morgan fingerprint density at radius 3 is 2.42 bits per heavy atom. The molecule has 2 atom stereocenters. The summed E-state index contributed by atoms with van der Waals surface area (Å²) in [5, 5.41) is 15.9. The fourth-order valence-corrected chi connectivity index (χ4v) is 2.70. The van der Waals surface area contributed by atoms with Gasteiger partial charge in [0.25, 0.3) is 11.8 Å². The van der Waals surface area contributed by atoms with E-state index in [0.29, 0.717) is 31.8 Å². The first-order valence-electron chi connectivity index (χ1n) is 11.2. The van der Waals surface area contributed by atoms with E-state index in [1.165, 1.54) is 0 Å². The van der Waals surface area contributed by atoms with E-state index >= 15 is 0 Å². The maximum absolute atomic E-state index is 12.8. The van der Waals surface area contributed by atoms with Crippen LogP contribution in [0.1, 0.15) is 63.9 Å². The third-order valence-corrected chi connectivity index (χ3v) is 4.06. The molecule has 0 spiro atoms. The highest BCUT2D eigenvalue weighted by atomic mass is 16.5. The van der Waals surface area contributed by atoms with Crippen molar-refractivity contribution in [2.24, 2.45) is 0 Å². The van der Waals surface area contributed by atoms with Crippen LogP contribution in [-0.2, 0) is 20.9 Å². The Balaban J connectivity index is 0.00000212. The molecule has 1 aliphatic heterocycles. The molecule has 0 fully saturated rings. The van der Waals surface area contributed by atoms with Crippen molar-refractivity contribution in [1.82, 2.24) is 10.6 Å². The van der Waals surface area contributed by atoms with Crippen LogP contribution in [0.2, 0.25) is 0 Å². The van der Waals surface area contributed by atoms with E-state index < -0.39 is 18.1 Å². The van der Waals surface area contributed by atoms with Crippen molar-refractivity contribution in [1.29, 1.82) is 0 Å². The van der Waals surface area contributed by atoms with Gasteiger partial charge in [0.15, 0.2) is 6.10 Å². The van der Waals surface area contributed by atoms with Crippen molar-refractivity contribution in [3.8, 4) is 0 Å². The van der Waals surface area contributed by atoms with Gasteiger partial charge in [0.2, 0.25) is 0 Å². The van der Waals surface area contributed by atoms with Gasteiger partial charge in [-0.2, -0.15) is 0 Å². The summed E-state index contributed by atoms with van der Waals surface area (Å²) in [4.78, 5) is 25.0. The number of nitrogens with one attached hydrogen (secondary N) is 2. The predicted molar refractivity (Wildman–Crippen MR) is 124 cm³/mol. The van der Waals surface area contributed by atoms with E-state index in [-0.39, 0.29) is 18.6 Å². The molecule has 2 rings (SSSR count). The van der Waals surface area contributed by atoms with Crippen LogP contribution >= 0.6 is 0 Å². The van der Waals surface area contributed by atoms with E-state index in [4.69, 9.17) is 9.47 Å². The lowest BCUT2D eigenvalue weighted by Gasteiger charge is -2.24. The van der Waals surface area contributed by atoms with E-state index in [1.807, 2.05) is 53.7 Å². The van der Waals surface area contributed by atoms with E-state index in [1.54, 1.807) is 24.3 Å². The molecule has 0 saturated carbocycles. The number of carbonyl (C=O) groups excluding carboxylic acids is 2. The molecule has 2 amide bonds. The van der Waals surface area contributed by atoms with E-state index in [2.05, 4.69) is 10.6 Å². The third kappa shape index (κ3) is 11.1. The molecule has 1 aromatic rings. The van der Waals surface area contributed by atoms with Crippen molar-refractivity contribution >= 4 is 11.8 Å². The lowest BCUT2D eigenvalue weighted by Crippen LogP contribution is -2.51. The number of fused-ring (bicyclic) bond motifs is 1. The summed E-state index contributed by atoms with van der Waals surface area (Å²) in [6, 6.07) is 6.25. The number of ether oxygens (including phenoxy) is 2. The van der Waals surface area contributed by atoms with Gasteiger partial charge in [-0.3, -0.25) is 9.59 Å². The molecule has 3 N–H and O–H groups in total. The minimum Gasteiger partial charge on any atom is -0.381 e. The second-order valence-electron chi connectivity index (χ2n) is 6.68. The first-order chi connectivity index (χ1) is 15.0. The van der Waals surface area contributed by atoms with Crippen LogP contribution in [0.3, 0.4) is 0 Å². The standard InChI is InChI=1S/C20H28N2O5.2C2H6/c1-14(2)21-20(25)18(23)17-9-5-6-10-26-11-12-27-13-15-7-3-4-8-16(15)19(24)22-17;2*1-2/h3-8,14,17-18,23H,9-13H2,1-2H3,(H,21,25)(H,22,24);2*1-2H3/b6-5-;;. The molecule has 176 valence electrons. The average Bonchev–Trinajstić information content (AvgIpc) is 2.78. The van der Waals surface area contributed by atoms with Crippen LogP contribution in [0.5, 0.6) is 0 Å². The number of benzene rings is 1. The SMILES string of the molecule is CC.CC.CC(C)NC(=O)C(O)C1C/C=C\COCCOCc2ccccc2C(=O)N1. The number of aliphatic hydroxyl groups excluding tert-OH is 1. The fourth-order valence-electron chi connectivity index (χ4n) is 2.70. The maximum atomic E-state index is 12.8. The molecule has 0 saturated heterocycles. The van der Waals surface area contributed by atoms with Gasteiger partial charge in [-0.05, 0) is 31.9 Å². The van der Waals surface area contributed by atoms with Gasteiger partial charge >= 0.3 is 0 Å². The molecule has 31 heavy (non-hydrogen) atoms. The second-order valence-corrected chi connectivity index (χ2v) is 6.68. The highest BCUT2D eigenvalue weighted by molar-refractivity contribution is 5.96. The molecule has 0 radical (unpaired) electrons. The van der Waals surface area contributed by atoms with Gasteiger partial charge in [0, 0.05) is 11.6 Å². The minimum absolute atomic E-state index is 0.108. The van der Waals surface area contributed by atoms with Crippen molar-refractivity contribution < 1.29 is 24.2 Å². The van der Waals surface area contributed by atoms with Gasteiger partial charge in [-0.25, -0.2) is 0 Å². The normalized spacial score (nSPS) is 19.1. The molecule has 0 bridgehead atoms. The van der Waals surface area contributed by atoms with Crippen molar-refractivity contribution in [3.63, 3.8) is 0 Å². The number of aliphatic hydroxyl groups is 1. The third-order valence-electron chi connectivity index (χ3n) is 4.06. The van der Waals surface area contributed by atoms with Gasteiger partial charge in [0.1, 0.15) is 0 Å². The van der Waals surface area contributed by atoms with Crippen LogP contribution < -0.4 is 10.6 Å². The molecule has 1 aliphatic rings. The first kappa shape index (κ1) is 28.8. The summed E-state index contributed by atoms with van der Waals surface area (Å²) in [5.74, 6) is -0.866. The molecule has 0 aromatic heterocycles. The van der Waals surface area contributed by atoms with Crippen LogP contribution in [0.25, 0.3) is 0 Å². The number of hydrogen-bond donors (Lipinski definition) is 3. The summed E-state index contributed by atoms with van der Waals surface area (Å²) >= 11 is 0. The zero-order chi connectivity index (χ0) is 23.6. The largest absolute Gasteiger partial charge is 0.381 e. The van der Waals surface area contributed by atoms with Gasteiger partial charge in [0.05, 0.1) is 32.5 Å². The van der Waals surface area contributed by atoms with Gasteiger partial charge in [-0.15, -0.1) is 0 Å². The van der Waals surface area contributed by atoms with Gasteiger partial charge < -0.3 is 25.2 Å². The monoisotopic (exact) mass is 436 g/mol. The maximum Gasteiger partial charge on any atom is 0.251 e. The Morgan fingerprint density at radius 2 is 1.74 bits per heavy atom. The summed E-state index contributed by atoms with van der Waals surface area (Å²) in [6.45, 7) is 13.2. The lowest BCUT2D eigenvalue weighted by atomic mass is 10.0. The van der Waals surface area contributed by atoms with Crippen molar-refractivity contribution in [2.45, 2.75) is 72.8 Å². The Kier molecular flexibility index (Phi) is 16.2. The molecule has 1 heterocycles. The number of amides is 2. The summed E-state index contributed by atoms with van der Waals surface area (Å²) in [6.07, 6.45) is 2.53. The van der Waals surface area contributed by atoms with Crippen LogP contribution in [0, 0.1) is 0 Å². The molecule has 7 heteroatoms. The summed E-state index contributed by atoms with van der Waals surface area (Å²) < 4.78 is 11.0. The van der Waals surface area contributed by atoms with E-state index in [9.17, 15) is 14.7 Å². The molecule has 0 aliphatic carbocycles. The number of carbonyl (C=O) groups is 2. The second kappa shape index (κ2) is 17.5. The quantitative estimate of drug-likeness (QED) is 0.632. The van der Waals surface area contributed by atoms with Gasteiger partial charge in [-0.1, -0.05) is 58.0 Å². The Hall–Kier alpha value is -2.22. The Morgan fingerprint density at radius 1 is 1.10 bits per heavy atom. The van der Waals surface area contributed by atoms with Crippen LogP contribution in [-0.4, -0.2) is 54.9 Å². The Labute approximate surface area is 187 Å². The zero-order valence-corrected chi connectivity index (χ0v) is 19.8. The highest BCUT2D eigenvalue weighted by Crippen LogP contribution is 2.12. The zero-order valence-electron chi connectivity index (χ0n) is 19.8. The minimum atomic E-state index is -1.36. The Bertz CT molecular complexity index is 661. The molecular weight excluding hydrogens is 396 g/mol.